The molecular formula is C15H16ClN3. The molecule has 3 rings (SSSR count). The minimum atomic E-state index is 0.507. The third kappa shape index (κ3) is 2.26. The molecule has 2 aromatic rings. The number of nitrogens with zero attached hydrogens (tertiary/aromatic N) is 3. The number of rotatable bonds is 2. The van der Waals surface area contributed by atoms with E-state index >= 15 is 0 Å². The zero-order chi connectivity index (χ0) is 13.2. The van der Waals surface area contributed by atoms with Crippen molar-refractivity contribution in [3.05, 3.63) is 48.2 Å². The number of hydrogen-bond donors (Lipinski definition) is 0. The lowest BCUT2D eigenvalue weighted by atomic mass is 10.1. The van der Waals surface area contributed by atoms with Gasteiger partial charge in [-0.3, -0.25) is 0 Å². The smallest absolute Gasteiger partial charge is 0.133 e. The Morgan fingerprint density at radius 3 is 2.58 bits per heavy atom. The summed E-state index contributed by atoms with van der Waals surface area (Å²) >= 11 is 5.80. The number of pyridine rings is 1. The van der Waals surface area contributed by atoms with E-state index in [4.69, 9.17) is 11.6 Å². The molecule has 0 bridgehead atoms. The lowest BCUT2D eigenvalue weighted by Crippen LogP contribution is -2.36. The maximum atomic E-state index is 5.80. The van der Waals surface area contributed by atoms with E-state index in [1.54, 1.807) is 0 Å². The van der Waals surface area contributed by atoms with Gasteiger partial charge in [0.05, 0.1) is 11.4 Å². The van der Waals surface area contributed by atoms with Crippen LogP contribution >= 0.6 is 11.6 Å². The second-order valence-electron chi connectivity index (χ2n) is 4.72. The fourth-order valence-electron chi connectivity index (χ4n) is 2.40. The van der Waals surface area contributed by atoms with Crippen LogP contribution in [-0.4, -0.2) is 25.1 Å². The Labute approximate surface area is 118 Å². The van der Waals surface area contributed by atoms with Crippen LogP contribution in [0.15, 0.2) is 42.6 Å². The average Bonchev–Trinajstić information content (AvgIpc) is 2.48. The number of benzene rings is 1. The molecule has 19 heavy (non-hydrogen) atoms. The van der Waals surface area contributed by atoms with Crippen LogP contribution in [0, 0.1) is 0 Å². The molecule has 0 spiro atoms. The minimum Gasteiger partial charge on any atom is -0.371 e. The molecule has 4 heteroatoms. The number of aromatic nitrogens is 1. The first-order valence-corrected chi connectivity index (χ1v) is 6.91. The molecule has 1 aliphatic heterocycles. The molecule has 98 valence electrons. The Bertz CT molecular complexity index is 568. The summed E-state index contributed by atoms with van der Waals surface area (Å²) in [5.74, 6) is 1.49. The number of para-hydroxylation sites is 2. The molecular weight excluding hydrogens is 258 g/mol. The monoisotopic (exact) mass is 273 g/mol. The molecule has 0 aliphatic carbocycles. The first-order valence-electron chi connectivity index (χ1n) is 6.38. The first-order chi connectivity index (χ1) is 9.29. The zero-order valence-corrected chi connectivity index (χ0v) is 11.6. The van der Waals surface area contributed by atoms with Crippen molar-refractivity contribution in [1.29, 1.82) is 0 Å². The van der Waals surface area contributed by atoms with E-state index in [0.717, 1.165) is 24.5 Å². The van der Waals surface area contributed by atoms with Gasteiger partial charge in [0, 0.05) is 32.2 Å². The highest BCUT2D eigenvalue weighted by molar-refractivity contribution is 6.17. The van der Waals surface area contributed by atoms with Gasteiger partial charge in [-0.25, -0.2) is 4.98 Å². The highest BCUT2D eigenvalue weighted by atomic mass is 35.5. The van der Waals surface area contributed by atoms with Gasteiger partial charge in [0.15, 0.2) is 0 Å². The van der Waals surface area contributed by atoms with E-state index in [1.807, 2.05) is 18.3 Å². The molecule has 1 aromatic heterocycles. The number of likely N-dealkylation sites (N-methyl/N-ethyl adjacent to an activating group) is 1. The Hall–Kier alpha value is -1.74. The summed E-state index contributed by atoms with van der Waals surface area (Å²) in [5, 5.41) is 0. The van der Waals surface area contributed by atoms with Gasteiger partial charge < -0.3 is 9.80 Å². The van der Waals surface area contributed by atoms with Crippen molar-refractivity contribution in [2.45, 2.75) is 5.88 Å². The summed E-state index contributed by atoms with van der Waals surface area (Å²) in [6.45, 7) is 1.94. The molecule has 0 atom stereocenters. The number of halogens is 1. The number of alkyl halides is 1. The van der Waals surface area contributed by atoms with Crippen molar-refractivity contribution < 1.29 is 0 Å². The molecule has 0 radical (unpaired) electrons. The first kappa shape index (κ1) is 12.3. The van der Waals surface area contributed by atoms with E-state index in [-0.39, 0.29) is 0 Å². The summed E-state index contributed by atoms with van der Waals surface area (Å²) in [5.41, 5.74) is 3.51. The van der Waals surface area contributed by atoms with Gasteiger partial charge in [-0.05, 0) is 23.8 Å². The molecule has 0 saturated heterocycles. The second kappa shape index (κ2) is 5.10. The van der Waals surface area contributed by atoms with Crippen molar-refractivity contribution in [2.24, 2.45) is 0 Å². The number of fused-ring (bicyclic) bond motifs is 1. The molecule has 2 heterocycles. The topological polar surface area (TPSA) is 19.4 Å². The largest absolute Gasteiger partial charge is 0.371 e. The van der Waals surface area contributed by atoms with Crippen molar-refractivity contribution in [3.8, 4) is 0 Å². The van der Waals surface area contributed by atoms with Crippen molar-refractivity contribution >= 4 is 28.8 Å². The van der Waals surface area contributed by atoms with Gasteiger partial charge in [-0.1, -0.05) is 18.2 Å². The van der Waals surface area contributed by atoms with E-state index < -0.39 is 0 Å². The maximum absolute atomic E-state index is 5.80. The summed E-state index contributed by atoms with van der Waals surface area (Å²) in [4.78, 5) is 9.05. The highest BCUT2D eigenvalue weighted by Crippen LogP contribution is 2.35. The summed E-state index contributed by atoms with van der Waals surface area (Å²) < 4.78 is 0. The zero-order valence-electron chi connectivity index (χ0n) is 10.9. The summed E-state index contributed by atoms with van der Waals surface area (Å²) in [6, 6.07) is 12.5. The van der Waals surface area contributed by atoms with Crippen LogP contribution in [0.1, 0.15) is 5.56 Å². The predicted octanol–water partition coefficient (Wildman–Crippen LogP) is 3.41. The van der Waals surface area contributed by atoms with E-state index in [9.17, 15) is 0 Å². The van der Waals surface area contributed by atoms with E-state index in [2.05, 4.69) is 46.1 Å². The van der Waals surface area contributed by atoms with Crippen LogP contribution in [0.2, 0.25) is 0 Å². The predicted molar refractivity (Wildman–Crippen MR) is 80.5 cm³/mol. The fourth-order valence-corrected chi connectivity index (χ4v) is 2.56. The second-order valence-corrected chi connectivity index (χ2v) is 4.99. The van der Waals surface area contributed by atoms with Crippen LogP contribution in [0.5, 0.6) is 0 Å². The standard InChI is InChI=1S/C15H16ClN3/c1-18-8-9-19(14-5-3-2-4-13(14)18)15-7-6-12(10-16)11-17-15/h2-7,11H,8-10H2,1H3. The maximum Gasteiger partial charge on any atom is 0.133 e. The van der Waals surface area contributed by atoms with Crippen LogP contribution in [-0.2, 0) is 5.88 Å². The summed E-state index contributed by atoms with van der Waals surface area (Å²) in [6.07, 6.45) is 1.85. The molecule has 0 N–H and O–H groups in total. The van der Waals surface area contributed by atoms with Gasteiger partial charge in [-0.15, -0.1) is 11.6 Å². The van der Waals surface area contributed by atoms with Crippen molar-refractivity contribution in [2.75, 3.05) is 29.9 Å². The lowest BCUT2D eigenvalue weighted by molar-refractivity contribution is 0.813. The Balaban J connectivity index is 1.99. The molecule has 1 aromatic carbocycles. The van der Waals surface area contributed by atoms with Gasteiger partial charge in [0.25, 0.3) is 0 Å². The third-order valence-electron chi connectivity index (χ3n) is 3.48. The van der Waals surface area contributed by atoms with Crippen molar-refractivity contribution in [1.82, 2.24) is 4.98 Å². The molecule has 1 aliphatic rings. The van der Waals surface area contributed by atoms with Gasteiger partial charge >= 0.3 is 0 Å². The molecule has 0 unspecified atom stereocenters. The fraction of sp³-hybridized carbons (Fsp3) is 0.267. The lowest BCUT2D eigenvalue weighted by Gasteiger charge is -2.36. The number of hydrogen-bond acceptors (Lipinski definition) is 3. The van der Waals surface area contributed by atoms with Gasteiger partial charge in [-0.2, -0.15) is 0 Å². The molecule has 0 amide bonds. The summed E-state index contributed by atoms with van der Waals surface area (Å²) in [7, 11) is 2.13. The van der Waals surface area contributed by atoms with Gasteiger partial charge in [0.2, 0.25) is 0 Å². The Morgan fingerprint density at radius 2 is 1.89 bits per heavy atom. The molecule has 3 nitrogen and oxygen atoms in total. The average molecular weight is 274 g/mol. The normalized spacial score (nSPS) is 14.4. The van der Waals surface area contributed by atoms with Crippen molar-refractivity contribution in [3.63, 3.8) is 0 Å². The van der Waals surface area contributed by atoms with Crippen LogP contribution in [0.3, 0.4) is 0 Å². The third-order valence-corrected chi connectivity index (χ3v) is 3.79. The van der Waals surface area contributed by atoms with E-state index in [0.29, 0.717) is 5.88 Å². The highest BCUT2D eigenvalue weighted by Gasteiger charge is 2.21. The molecule has 0 saturated carbocycles. The SMILES string of the molecule is CN1CCN(c2ccc(CCl)cn2)c2ccccc21. The Morgan fingerprint density at radius 1 is 1.11 bits per heavy atom. The minimum absolute atomic E-state index is 0.507. The Kier molecular flexibility index (Phi) is 3.30. The van der Waals surface area contributed by atoms with Crippen LogP contribution in [0.25, 0.3) is 0 Å². The quantitative estimate of drug-likeness (QED) is 0.782. The van der Waals surface area contributed by atoms with E-state index in [1.165, 1.54) is 11.4 Å². The van der Waals surface area contributed by atoms with Gasteiger partial charge in [0.1, 0.15) is 5.82 Å². The van der Waals surface area contributed by atoms with Crippen LogP contribution in [0.4, 0.5) is 17.2 Å². The number of anilines is 3. The molecule has 0 fully saturated rings. The van der Waals surface area contributed by atoms with Crippen LogP contribution < -0.4 is 9.80 Å².